The van der Waals surface area contributed by atoms with Crippen LogP contribution in [-0.2, 0) is 0 Å². The topological polar surface area (TPSA) is 45.8 Å². The number of rotatable bonds is 2. The van der Waals surface area contributed by atoms with Crippen LogP contribution >= 0.6 is 0 Å². The van der Waals surface area contributed by atoms with Gasteiger partial charge < -0.3 is 0 Å². The lowest BCUT2D eigenvalue weighted by Crippen LogP contribution is -1.81. The van der Waals surface area contributed by atoms with Crippen LogP contribution in [0.2, 0.25) is 0 Å². The normalized spacial score (nSPS) is 10.7. The first kappa shape index (κ1) is 10.7. The second kappa shape index (κ2) is 4.11. The van der Waals surface area contributed by atoms with Gasteiger partial charge in [-0.25, -0.2) is 0 Å². The number of hydrogen-bond acceptors (Lipinski definition) is 2. The summed E-state index contributed by atoms with van der Waals surface area (Å²) in [5, 5.41) is 8.32. The molecular weight excluding hydrogens is 224 g/mol. The number of aromatic amines is 1. The number of benzene rings is 2. The molecule has 0 aliphatic heterocycles. The van der Waals surface area contributed by atoms with Gasteiger partial charge in [-0.3, -0.25) is 9.89 Å². The lowest BCUT2D eigenvalue weighted by molar-refractivity contribution is 0.112. The van der Waals surface area contributed by atoms with Crippen LogP contribution in [0.4, 0.5) is 0 Å². The molecule has 0 radical (unpaired) electrons. The molecule has 3 heteroatoms. The van der Waals surface area contributed by atoms with E-state index in [2.05, 4.69) is 16.3 Å². The molecule has 1 N–H and O–H groups in total. The monoisotopic (exact) mass is 236 g/mol. The number of H-pyrrole nitrogens is 1. The number of hydrogen-bond donors (Lipinski definition) is 1. The molecule has 3 rings (SSSR count). The van der Waals surface area contributed by atoms with Crippen LogP contribution in [0.3, 0.4) is 0 Å². The molecule has 0 atom stereocenters. The van der Waals surface area contributed by atoms with E-state index in [0.717, 1.165) is 34.0 Å². The van der Waals surface area contributed by atoms with Crippen LogP contribution < -0.4 is 0 Å². The summed E-state index contributed by atoms with van der Waals surface area (Å²) >= 11 is 0. The maximum atomic E-state index is 10.6. The van der Waals surface area contributed by atoms with E-state index in [1.165, 1.54) is 0 Å². The molecule has 1 heterocycles. The molecule has 3 nitrogen and oxygen atoms in total. The number of nitrogens with one attached hydrogen (secondary N) is 1. The van der Waals surface area contributed by atoms with E-state index in [4.69, 9.17) is 0 Å². The Kier molecular flexibility index (Phi) is 2.45. The van der Waals surface area contributed by atoms with Crippen molar-refractivity contribution < 1.29 is 4.79 Å². The Hall–Kier alpha value is -2.42. The van der Waals surface area contributed by atoms with Crippen LogP contribution in [0.1, 0.15) is 16.1 Å². The maximum absolute atomic E-state index is 10.6. The summed E-state index contributed by atoms with van der Waals surface area (Å²) in [6.07, 6.45) is 0.854. The molecule has 2 aromatic carbocycles. The summed E-state index contributed by atoms with van der Waals surface area (Å²) in [5.41, 5.74) is 4.96. The van der Waals surface area contributed by atoms with Gasteiger partial charge in [-0.05, 0) is 30.2 Å². The van der Waals surface area contributed by atoms with Gasteiger partial charge in [-0.1, -0.05) is 30.3 Å². The predicted molar refractivity (Wildman–Crippen MR) is 71.7 cm³/mol. The number of aromatic nitrogens is 2. The van der Waals surface area contributed by atoms with E-state index in [-0.39, 0.29) is 0 Å². The number of carbonyl (C=O) groups excluding carboxylic acids is 1. The minimum absolute atomic E-state index is 0.694. The highest BCUT2D eigenvalue weighted by atomic mass is 16.1. The highest BCUT2D eigenvalue weighted by Gasteiger charge is 2.04. The van der Waals surface area contributed by atoms with Crippen molar-refractivity contribution in [3.05, 3.63) is 53.7 Å². The van der Waals surface area contributed by atoms with Gasteiger partial charge >= 0.3 is 0 Å². The lowest BCUT2D eigenvalue weighted by atomic mass is 10.0. The number of nitrogens with zero attached hydrogens (tertiary/aromatic N) is 1. The van der Waals surface area contributed by atoms with Crippen LogP contribution in [0.25, 0.3) is 22.0 Å². The molecule has 0 saturated carbocycles. The van der Waals surface area contributed by atoms with Gasteiger partial charge in [-0.2, -0.15) is 5.10 Å². The summed E-state index contributed by atoms with van der Waals surface area (Å²) in [4.78, 5) is 10.6. The Morgan fingerprint density at radius 3 is 2.50 bits per heavy atom. The minimum Gasteiger partial charge on any atom is -0.298 e. The quantitative estimate of drug-likeness (QED) is 0.693. The Balaban J connectivity index is 2.12. The fraction of sp³-hybridized carbons (Fsp3) is 0.0667. The summed E-state index contributed by atoms with van der Waals surface area (Å²) in [5.74, 6) is 0. The third-order valence-electron chi connectivity index (χ3n) is 3.12. The highest BCUT2D eigenvalue weighted by Crippen LogP contribution is 2.25. The third kappa shape index (κ3) is 1.70. The number of carbonyl (C=O) groups is 1. The third-order valence-corrected chi connectivity index (χ3v) is 3.12. The standard InChI is InChI=1S/C15H12N2O/c1-10-14-8-13(6-7-15(14)17-16-10)12-4-2-11(9-18)3-5-12/h2-9H,1H3,(H,16,17). The van der Waals surface area contributed by atoms with Crippen LogP contribution in [0, 0.1) is 6.92 Å². The summed E-state index contributed by atoms with van der Waals surface area (Å²) in [6, 6.07) is 13.7. The maximum Gasteiger partial charge on any atom is 0.150 e. The molecular formula is C15H12N2O. The second-order valence-corrected chi connectivity index (χ2v) is 4.32. The largest absolute Gasteiger partial charge is 0.298 e. The molecule has 0 aliphatic rings. The van der Waals surface area contributed by atoms with Crippen LogP contribution in [0.5, 0.6) is 0 Å². The number of aryl methyl sites for hydroxylation is 1. The van der Waals surface area contributed by atoms with Crippen LogP contribution in [0.15, 0.2) is 42.5 Å². The first-order chi connectivity index (χ1) is 8.78. The first-order valence-corrected chi connectivity index (χ1v) is 5.78. The van der Waals surface area contributed by atoms with Crippen LogP contribution in [-0.4, -0.2) is 16.5 Å². The molecule has 88 valence electrons. The van der Waals surface area contributed by atoms with Gasteiger partial charge in [0, 0.05) is 16.6 Å². The summed E-state index contributed by atoms with van der Waals surface area (Å²) in [6.45, 7) is 2.01. The predicted octanol–water partition coefficient (Wildman–Crippen LogP) is 3.35. The van der Waals surface area contributed by atoms with Crippen molar-refractivity contribution in [1.82, 2.24) is 10.2 Å². The second-order valence-electron chi connectivity index (χ2n) is 4.32. The van der Waals surface area contributed by atoms with Crippen molar-refractivity contribution in [3.63, 3.8) is 0 Å². The van der Waals surface area contributed by atoms with E-state index in [9.17, 15) is 4.79 Å². The van der Waals surface area contributed by atoms with E-state index < -0.39 is 0 Å². The lowest BCUT2D eigenvalue weighted by Gasteiger charge is -2.02. The molecule has 0 fully saturated rings. The summed E-state index contributed by atoms with van der Waals surface area (Å²) in [7, 11) is 0. The fourth-order valence-electron chi connectivity index (χ4n) is 2.07. The smallest absolute Gasteiger partial charge is 0.150 e. The van der Waals surface area contributed by atoms with Crippen molar-refractivity contribution in [1.29, 1.82) is 0 Å². The molecule has 0 amide bonds. The first-order valence-electron chi connectivity index (χ1n) is 5.78. The highest BCUT2D eigenvalue weighted by molar-refractivity contribution is 5.86. The van der Waals surface area contributed by atoms with Crippen molar-refractivity contribution in [2.45, 2.75) is 6.92 Å². The molecule has 0 bridgehead atoms. The van der Waals surface area contributed by atoms with Gasteiger partial charge in [-0.15, -0.1) is 0 Å². The molecule has 0 aliphatic carbocycles. The molecule has 0 saturated heterocycles. The van der Waals surface area contributed by atoms with Crippen molar-refractivity contribution in [3.8, 4) is 11.1 Å². The molecule has 0 unspecified atom stereocenters. The Morgan fingerprint density at radius 2 is 1.78 bits per heavy atom. The Morgan fingerprint density at radius 1 is 1.06 bits per heavy atom. The van der Waals surface area contributed by atoms with Crippen molar-refractivity contribution in [2.75, 3.05) is 0 Å². The average molecular weight is 236 g/mol. The average Bonchev–Trinajstić information content (AvgIpc) is 2.80. The van der Waals surface area contributed by atoms with Crippen molar-refractivity contribution in [2.24, 2.45) is 0 Å². The van der Waals surface area contributed by atoms with Gasteiger partial charge in [0.25, 0.3) is 0 Å². The van der Waals surface area contributed by atoms with E-state index in [1.807, 2.05) is 43.3 Å². The van der Waals surface area contributed by atoms with E-state index >= 15 is 0 Å². The molecule has 0 spiro atoms. The SMILES string of the molecule is Cc1[nH]nc2ccc(-c3ccc(C=O)cc3)cc12. The van der Waals surface area contributed by atoms with Gasteiger partial charge in [0.05, 0.1) is 5.52 Å². The zero-order valence-corrected chi connectivity index (χ0v) is 9.97. The molecule has 18 heavy (non-hydrogen) atoms. The summed E-state index contributed by atoms with van der Waals surface area (Å²) < 4.78 is 0. The zero-order valence-electron chi connectivity index (χ0n) is 9.97. The minimum atomic E-state index is 0.694. The van der Waals surface area contributed by atoms with Crippen molar-refractivity contribution >= 4 is 17.2 Å². The molecule has 1 aromatic heterocycles. The number of aldehydes is 1. The van der Waals surface area contributed by atoms with E-state index in [1.54, 1.807) is 0 Å². The van der Waals surface area contributed by atoms with Gasteiger partial charge in [0.2, 0.25) is 0 Å². The van der Waals surface area contributed by atoms with Gasteiger partial charge in [0.1, 0.15) is 6.29 Å². The molecule has 3 aromatic rings. The zero-order chi connectivity index (χ0) is 12.5. The Labute approximate surface area is 104 Å². The van der Waals surface area contributed by atoms with E-state index in [0.29, 0.717) is 5.56 Å². The van der Waals surface area contributed by atoms with Gasteiger partial charge in [0.15, 0.2) is 0 Å². The number of fused-ring (bicyclic) bond motifs is 1. The Bertz CT molecular complexity index is 711. The fourth-order valence-corrected chi connectivity index (χ4v) is 2.07.